The van der Waals surface area contributed by atoms with Crippen LogP contribution in [0.3, 0.4) is 0 Å². The van der Waals surface area contributed by atoms with Crippen molar-refractivity contribution in [3.8, 4) is 6.07 Å². The number of nitrogens with two attached hydrogens (primary N) is 1. The molecule has 1 aliphatic heterocycles. The first kappa shape index (κ1) is 16.4. The van der Waals surface area contributed by atoms with Crippen LogP contribution < -0.4 is 16.2 Å². The quantitative estimate of drug-likeness (QED) is 0.771. The fourth-order valence-electron chi connectivity index (χ4n) is 3.62. The third-order valence-corrected chi connectivity index (χ3v) is 4.89. The third-order valence-electron chi connectivity index (χ3n) is 4.89. The third kappa shape index (κ3) is 2.85. The van der Waals surface area contributed by atoms with E-state index in [2.05, 4.69) is 16.1 Å². The molecule has 1 atom stereocenters. The average Bonchev–Trinajstić information content (AvgIpc) is 3.15. The molecule has 0 bridgehead atoms. The van der Waals surface area contributed by atoms with E-state index in [1.165, 1.54) is 4.52 Å². The van der Waals surface area contributed by atoms with E-state index < -0.39 is 0 Å². The van der Waals surface area contributed by atoms with Crippen LogP contribution in [0.1, 0.15) is 24.0 Å². The zero-order valence-corrected chi connectivity index (χ0v) is 14.4. The predicted molar refractivity (Wildman–Crippen MR) is 99.1 cm³/mol. The molecule has 3 heterocycles. The van der Waals surface area contributed by atoms with Crippen molar-refractivity contribution >= 4 is 11.5 Å². The van der Waals surface area contributed by atoms with E-state index in [1.54, 1.807) is 12.3 Å². The molecule has 4 rings (SSSR count). The highest BCUT2D eigenvalue weighted by molar-refractivity contribution is 5.52. The van der Waals surface area contributed by atoms with Crippen molar-refractivity contribution in [3.05, 3.63) is 64.1 Å². The topological polar surface area (TPSA) is 92.4 Å². The zero-order chi connectivity index (χ0) is 18.1. The molecule has 3 aromatic rings. The van der Waals surface area contributed by atoms with Gasteiger partial charge in [-0.25, -0.2) is 0 Å². The van der Waals surface area contributed by atoms with Gasteiger partial charge in [-0.1, -0.05) is 18.2 Å². The van der Waals surface area contributed by atoms with Gasteiger partial charge in [0.1, 0.15) is 11.5 Å². The number of fused-ring (bicyclic) bond motifs is 1. The summed E-state index contributed by atoms with van der Waals surface area (Å²) in [5.41, 5.74) is 8.23. The number of rotatable bonds is 3. The molecule has 0 saturated carbocycles. The molecule has 0 spiro atoms. The molecule has 0 unspecified atom stereocenters. The summed E-state index contributed by atoms with van der Waals surface area (Å²) in [5, 5.41) is 13.6. The first-order valence-corrected chi connectivity index (χ1v) is 8.73. The summed E-state index contributed by atoms with van der Waals surface area (Å²) in [5.74, 6) is 0.825. The average molecular weight is 348 g/mol. The molecule has 1 saturated heterocycles. The Hall–Kier alpha value is -3.11. The molecular formula is C19H20N6O. The Balaban J connectivity index is 1.87. The number of benzene rings is 1. The maximum absolute atomic E-state index is 12.5. The number of aromatic nitrogens is 3. The van der Waals surface area contributed by atoms with Gasteiger partial charge in [0.25, 0.3) is 5.56 Å². The summed E-state index contributed by atoms with van der Waals surface area (Å²) in [6.07, 6.45) is 3.61. The van der Waals surface area contributed by atoms with Gasteiger partial charge in [0, 0.05) is 31.3 Å². The molecule has 1 aliphatic rings. The van der Waals surface area contributed by atoms with E-state index in [0.29, 0.717) is 24.3 Å². The van der Waals surface area contributed by atoms with E-state index >= 15 is 0 Å². The van der Waals surface area contributed by atoms with Gasteiger partial charge in [0.05, 0.1) is 24.4 Å². The van der Waals surface area contributed by atoms with Crippen LogP contribution in [0.5, 0.6) is 0 Å². The predicted octanol–water partition coefficient (Wildman–Crippen LogP) is 1.34. The van der Waals surface area contributed by atoms with Crippen molar-refractivity contribution in [1.29, 1.82) is 5.26 Å². The first-order chi connectivity index (χ1) is 12.7. The number of nitriles is 1. The standard InChI is InChI=1S/C19H20N6O/c20-11-14-4-1-2-5-15(14)12-24-17-7-8-22-25(17)19(26)10-18(24)23-9-3-6-16(21)13-23/h1-2,4-5,7-8,10,16H,3,6,9,12-13,21H2/t16-/m1/s1. The summed E-state index contributed by atoms with van der Waals surface area (Å²) in [7, 11) is 0. The molecular weight excluding hydrogens is 328 g/mol. The lowest BCUT2D eigenvalue weighted by Gasteiger charge is -2.34. The zero-order valence-electron chi connectivity index (χ0n) is 14.4. The smallest absolute Gasteiger partial charge is 0.276 e. The van der Waals surface area contributed by atoms with E-state index in [1.807, 2.05) is 34.9 Å². The minimum Gasteiger partial charge on any atom is -0.356 e. The van der Waals surface area contributed by atoms with Crippen molar-refractivity contribution in [3.63, 3.8) is 0 Å². The molecule has 2 N–H and O–H groups in total. The number of hydrogen-bond acceptors (Lipinski definition) is 5. The molecule has 1 aromatic carbocycles. The number of anilines is 1. The molecule has 0 amide bonds. The molecule has 7 nitrogen and oxygen atoms in total. The van der Waals surface area contributed by atoms with E-state index in [-0.39, 0.29) is 11.6 Å². The lowest BCUT2D eigenvalue weighted by atomic mass is 10.1. The van der Waals surface area contributed by atoms with Crippen LogP contribution in [0.4, 0.5) is 5.82 Å². The molecule has 0 radical (unpaired) electrons. The van der Waals surface area contributed by atoms with Crippen molar-refractivity contribution in [2.45, 2.75) is 25.4 Å². The lowest BCUT2D eigenvalue weighted by molar-refractivity contribution is 0.497. The fourth-order valence-corrected chi connectivity index (χ4v) is 3.62. The van der Waals surface area contributed by atoms with E-state index in [0.717, 1.165) is 30.8 Å². The van der Waals surface area contributed by atoms with Crippen molar-refractivity contribution in [2.75, 3.05) is 18.0 Å². The highest BCUT2D eigenvalue weighted by atomic mass is 16.1. The Labute approximate surface area is 150 Å². The van der Waals surface area contributed by atoms with Gasteiger partial charge in [-0.3, -0.25) is 4.79 Å². The summed E-state index contributed by atoms with van der Waals surface area (Å²) in [6, 6.07) is 13.3. The number of hydrogen-bond donors (Lipinski definition) is 1. The van der Waals surface area contributed by atoms with Crippen molar-refractivity contribution in [1.82, 2.24) is 14.2 Å². The van der Waals surface area contributed by atoms with Gasteiger partial charge < -0.3 is 15.2 Å². The van der Waals surface area contributed by atoms with Gasteiger partial charge >= 0.3 is 0 Å². The monoisotopic (exact) mass is 348 g/mol. The summed E-state index contributed by atoms with van der Waals surface area (Å²) < 4.78 is 3.44. The summed E-state index contributed by atoms with van der Waals surface area (Å²) in [4.78, 5) is 14.7. The second-order valence-corrected chi connectivity index (χ2v) is 6.65. The first-order valence-electron chi connectivity index (χ1n) is 8.73. The van der Waals surface area contributed by atoms with Crippen LogP contribution in [0.15, 0.2) is 47.4 Å². The number of nitrogens with zero attached hydrogens (tertiary/aromatic N) is 5. The molecule has 26 heavy (non-hydrogen) atoms. The largest absolute Gasteiger partial charge is 0.356 e. The Kier molecular flexibility index (Phi) is 4.19. The van der Waals surface area contributed by atoms with E-state index in [4.69, 9.17) is 5.73 Å². The fraction of sp³-hybridized carbons (Fsp3) is 0.316. The Bertz CT molecular complexity index is 1040. The van der Waals surface area contributed by atoms with Crippen LogP contribution in [-0.2, 0) is 6.54 Å². The van der Waals surface area contributed by atoms with Gasteiger partial charge in [-0.2, -0.15) is 14.9 Å². The Morgan fingerprint density at radius 2 is 2.15 bits per heavy atom. The van der Waals surface area contributed by atoms with E-state index in [9.17, 15) is 10.1 Å². The normalized spacial score (nSPS) is 17.4. The van der Waals surface area contributed by atoms with Crippen LogP contribution >= 0.6 is 0 Å². The van der Waals surface area contributed by atoms with Gasteiger partial charge in [0.2, 0.25) is 0 Å². The maximum atomic E-state index is 12.5. The van der Waals surface area contributed by atoms with Crippen LogP contribution in [0, 0.1) is 11.3 Å². The second kappa shape index (κ2) is 6.65. The SMILES string of the molecule is N#Cc1ccccc1Cn1c(N2CCC[C@@H](N)C2)cc(=O)n2nccc12. The van der Waals surface area contributed by atoms with Crippen molar-refractivity contribution < 1.29 is 0 Å². The van der Waals surface area contributed by atoms with Crippen LogP contribution in [-0.4, -0.2) is 33.3 Å². The lowest BCUT2D eigenvalue weighted by Crippen LogP contribution is -2.44. The molecule has 2 aromatic heterocycles. The highest BCUT2D eigenvalue weighted by Crippen LogP contribution is 2.22. The van der Waals surface area contributed by atoms with Gasteiger partial charge in [-0.05, 0) is 24.5 Å². The maximum Gasteiger partial charge on any atom is 0.276 e. The summed E-state index contributed by atoms with van der Waals surface area (Å²) in [6.45, 7) is 2.06. The minimum absolute atomic E-state index is 0.0971. The van der Waals surface area contributed by atoms with Gasteiger partial charge in [0.15, 0.2) is 0 Å². The van der Waals surface area contributed by atoms with Crippen LogP contribution in [0.2, 0.25) is 0 Å². The number of piperidine rings is 1. The van der Waals surface area contributed by atoms with Crippen LogP contribution in [0.25, 0.3) is 5.65 Å². The Morgan fingerprint density at radius 1 is 1.31 bits per heavy atom. The van der Waals surface area contributed by atoms with Crippen molar-refractivity contribution in [2.24, 2.45) is 5.73 Å². The molecule has 0 aliphatic carbocycles. The Morgan fingerprint density at radius 3 is 2.96 bits per heavy atom. The van der Waals surface area contributed by atoms with Gasteiger partial charge in [-0.15, -0.1) is 0 Å². The molecule has 1 fully saturated rings. The minimum atomic E-state index is -0.163. The highest BCUT2D eigenvalue weighted by Gasteiger charge is 2.21. The summed E-state index contributed by atoms with van der Waals surface area (Å²) >= 11 is 0. The molecule has 132 valence electrons. The second-order valence-electron chi connectivity index (χ2n) is 6.65. The molecule has 7 heteroatoms.